The quantitative estimate of drug-likeness (QED) is 0.0826. The van der Waals surface area contributed by atoms with Gasteiger partial charge in [0.1, 0.15) is 11.1 Å². The third-order valence-electron chi connectivity index (χ3n) is 9.52. The molecule has 0 fully saturated rings. The smallest absolute Gasteiger partial charge is 0.418 e. The first-order valence-corrected chi connectivity index (χ1v) is 30.6. The molecule has 2 aliphatic carbocycles. The fourth-order valence-electron chi connectivity index (χ4n) is 6.06. The van der Waals surface area contributed by atoms with E-state index in [-0.39, 0.29) is 58.8 Å². The molecule has 4 aromatic carbocycles. The summed E-state index contributed by atoms with van der Waals surface area (Å²) in [6.07, 6.45) is 21.1. The fourth-order valence-corrected chi connectivity index (χ4v) is 17.5. The number of alkyl halides is 18. The van der Waals surface area contributed by atoms with Gasteiger partial charge in [-0.05, 0) is 48.5 Å². The van der Waals surface area contributed by atoms with Crippen molar-refractivity contribution >= 4 is 77.4 Å². The standard InChI is InChI=1S/2C19H15.2C4F9O6S3.CH4.BF4.K/c2*1-4-10-16(11-5-1)19(17-12-6-2-7-13-17)18-14-8-3-9-15-18;2*5-2(6,7)20(14,15)1(21(16,17)3(8,9)10)22(18,19)4(11,12)13;;2-1(3,4)5;/h2*1-15H;;;1H4;;/q2*+1;2*-1;;-1;+1. The molecule has 0 amide bonds. The van der Waals surface area contributed by atoms with E-state index in [1.807, 2.05) is 0 Å². The fraction of sp³-hybridized carbons (Fsp3) is 0.149. The predicted molar refractivity (Wildman–Crippen MR) is 276 cm³/mol. The molecule has 0 atom stereocenters. The van der Waals surface area contributed by atoms with Crippen molar-refractivity contribution in [2.24, 2.45) is 0 Å². The van der Waals surface area contributed by atoms with Crippen LogP contribution in [0, 0.1) is 20.7 Å². The van der Waals surface area contributed by atoms with Crippen LogP contribution in [0.5, 0.6) is 0 Å². The summed E-state index contributed by atoms with van der Waals surface area (Å²) >= 11 is 0. The minimum absolute atomic E-state index is 0. The van der Waals surface area contributed by atoms with E-state index in [0.717, 1.165) is 0 Å². The van der Waals surface area contributed by atoms with E-state index in [2.05, 4.69) is 183 Å². The molecule has 12 nitrogen and oxygen atoms in total. The van der Waals surface area contributed by atoms with Gasteiger partial charge in [-0.2, -0.15) is 79.0 Å². The SMILES string of the molecule is C.C1=C[CH+]C(=C(c2ccccc2)c2ccccc2)C=C1.C1=C[CH+]C(=C(c2ccccc2)c2ccccc2)C=C1.F[B-](F)(F)F.O=S(=O)([C-](S(=O)(=O)C(F)(F)F)S(=O)(=O)C(F)(F)F)C(F)(F)F.O=S(=O)([C-](S(=O)(=O)C(F)(F)F)S(=O)(=O)C(F)(F)F)C(F)(F)F.[K+]. The Balaban J connectivity index is 0.00000112. The van der Waals surface area contributed by atoms with E-state index in [1.165, 1.54) is 44.5 Å². The second-order valence-corrected chi connectivity index (χ2v) is 28.5. The van der Waals surface area contributed by atoms with Gasteiger partial charge in [-0.1, -0.05) is 80.2 Å². The number of allylic oxidation sites excluding steroid dienone is 10. The second-order valence-electron chi connectivity index (χ2n) is 15.6. The number of hydrogen-bond donors (Lipinski definition) is 0. The molecular formula is C47H34BF22KO12S6. The van der Waals surface area contributed by atoms with Gasteiger partial charge in [0, 0.05) is 83.7 Å². The number of benzene rings is 4. The summed E-state index contributed by atoms with van der Waals surface area (Å²) in [5.41, 5.74) is -32.3. The summed E-state index contributed by atoms with van der Waals surface area (Å²) < 4.78 is 374. The molecule has 42 heteroatoms. The van der Waals surface area contributed by atoms with Crippen molar-refractivity contribution in [3.63, 3.8) is 0 Å². The van der Waals surface area contributed by atoms with Crippen LogP contribution in [-0.2, 0) is 59.0 Å². The Labute approximate surface area is 535 Å². The molecule has 0 aliphatic heterocycles. The second kappa shape index (κ2) is 31.5. The van der Waals surface area contributed by atoms with Gasteiger partial charge in [-0.15, -0.1) is 0 Å². The van der Waals surface area contributed by atoms with Crippen LogP contribution in [0.2, 0.25) is 0 Å². The van der Waals surface area contributed by atoms with Crippen molar-refractivity contribution in [3.8, 4) is 0 Å². The Morgan fingerprint density at radius 3 is 0.596 bits per heavy atom. The van der Waals surface area contributed by atoms with Crippen LogP contribution in [0.15, 0.2) is 181 Å². The van der Waals surface area contributed by atoms with Crippen molar-refractivity contribution in [1.29, 1.82) is 0 Å². The summed E-state index contributed by atoms with van der Waals surface area (Å²) in [6, 6.07) is 42.2. The van der Waals surface area contributed by atoms with Gasteiger partial charge in [0.2, 0.25) is 0 Å². The Bertz CT molecular complexity index is 3360. The molecule has 0 bridgehead atoms. The van der Waals surface area contributed by atoms with Crippen LogP contribution in [-0.4, -0.2) is 90.8 Å². The third kappa shape index (κ3) is 22.1. The van der Waals surface area contributed by atoms with Gasteiger partial charge < -0.3 is 17.3 Å². The maximum absolute atomic E-state index is 12.0. The largest absolute Gasteiger partial charge is 1.00 e. The third-order valence-corrected chi connectivity index (χ3v) is 23.7. The first-order valence-electron chi connectivity index (χ1n) is 21.7. The zero-order chi connectivity index (χ0) is 67.5. The Kier molecular flexibility index (Phi) is 29.7. The van der Waals surface area contributed by atoms with Crippen LogP contribution < -0.4 is 51.4 Å². The molecule has 0 heterocycles. The molecule has 4 aromatic rings. The van der Waals surface area contributed by atoms with Crippen molar-refractivity contribution in [3.05, 3.63) is 224 Å². The van der Waals surface area contributed by atoms with Gasteiger partial charge >= 0.3 is 91.7 Å². The summed E-state index contributed by atoms with van der Waals surface area (Å²) in [5, 5.41) is 0. The Morgan fingerprint density at radius 1 is 0.315 bits per heavy atom. The summed E-state index contributed by atoms with van der Waals surface area (Å²) in [4.78, 5) is 0. The minimum Gasteiger partial charge on any atom is -0.418 e. The van der Waals surface area contributed by atoms with Gasteiger partial charge in [-0.25, -0.2) is 0 Å². The average Bonchev–Trinajstić information content (AvgIpc) is 0.880. The number of rotatable bonds is 10. The van der Waals surface area contributed by atoms with Crippen molar-refractivity contribution < 1.29 is 198 Å². The maximum atomic E-state index is 12.0. The minimum atomic E-state index is -8.02. The molecule has 0 N–H and O–H groups in total. The maximum Gasteiger partial charge on any atom is 1.00 e. The van der Waals surface area contributed by atoms with E-state index in [4.69, 9.17) is 0 Å². The molecule has 89 heavy (non-hydrogen) atoms. The molecule has 0 spiro atoms. The molecule has 0 saturated heterocycles. The van der Waals surface area contributed by atoms with Crippen LogP contribution in [0.4, 0.5) is 96.3 Å². The van der Waals surface area contributed by atoms with Crippen LogP contribution in [0.25, 0.3) is 11.1 Å². The van der Waals surface area contributed by atoms with E-state index >= 15 is 0 Å². The van der Waals surface area contributed by atoms with E-state index < -0.39 is 107 Å². The summed E-state index contributed by atoms with van der Waals surface area (Å²) in [7, 11) is -54.1. The summed E-state index contributed by atoms with van der Waals surface area (Å²) in [5.74, 6) is 0. The molecular weight excluding hydrogens is 1420 g/mol. The van der Waals surface area contributed by atoms with Crippen LogP contribution in [0.1, 0.15) is 29.7 Å². The van der Waals surface area contributed by atoms with Gasteiger partial charge in [0.25, 0.3) is 0 Å². The molecule has 6 rings (SSSR count). The van der Waals surface area contributed by atoms with Crippen LogP contribution in [0.3, 0.4) is 0 Å². The first kappa shape index (κ1) is 83.9. The normalized spacial score (nSPS) is 14.2. The van der Waals surface area contributed by atoms with Crippen molar-refractivity contribution in [2.45, 2.75) is 40.5 Å². The molecule has 0 radical (unpaired) electrons. The zero-order valence-electron chi connectivity index (χ0n) is 42.6. The Hall–Kier alpha value is -5.08. The van der Waals surface area contributed by atoms with Crippen LogP contribution >= 0.6 is 0 Å². The number of hydrogen-bond acceptors (Lipinski definition) is 12. The van der Waals surface area contributed by atoms with Gasteiger partial charge in [0.15, 0.2) is 59.0 Å². The predicted octanol–water partition coefficient (Wildman–Crippen LogP) is 11.1. The van der Waals surface area contributed by atoms with E-state index in [0.29, 0.717) is 0 Å². The zero-order valence-corrected chi connectivity index (χ0v) is 50.6. The Morgan fingerprint density at radius 2 is 0.472 bits per heavy atom. The van der Waals surface area contributed by atoms with Crippen molar-refractivity contribution in [2.75, 3.05) is 0 Å². The van der Waals surface area contributed by atoms with Gasteiger partial charge in [0.05, 0.1) is 19.0 Å². The molecule has 2 aliphatic rings. The molecule has 0 unspecified atom stereocenters. The molecule has 488 valence electrons. The first-order chi connectivity index (χ1) is 39.1. The van der Waals surface area contributed by atoms with Gasteiger partial charge in [-0.3, -0.25) is 50.5 Å². The topological polar surface area (TPSA) is 205 Å². The number of halogens is 22. The molecule has 0 aromatic heterocycles. The van der Waals surface area contributed by atoms with E-state index in [9.17, 15) is 147 Å². The average molecular weight is 1450 g/mol. The van der Waals surface area contributed by atoms with Crippen molar-refractivity contribution in [1.82, 2.24) is 0 Å². The molecule has 0 saturated carbocycles. The monoisotopic (exact) mass is 1450 g/mol. The number of sulfone groups is 6. The summed E-state index contributed by atoms with van der Waals surface area (Å²) in [6.45, 7) is 0. The van der Waals surface area contributed by atoms with E-state index in [1.54, 1.807) is 0 Å².